The van der Waals surface area contributed by atoms with E-state index in [1.54, 1.807) is 23.5 Å². The largest absolute Gasteiger partial charge is 0.493 e. The molecule has 1 N–H and O–H groups in total. The molecule has 0 aliphatic carbocycles. The maximum Gasteiger partial charge on any atom is 0.251 e. The lowest BCUT2D eigenvalue weighted by Gasteiger charge is -2.13. The van der Waals surface area contributed by atoms with E-state index in [1.165, 1.54) is 11.8 Å². The van der Waals surface area contributed by atoms with Gasteiger partial charge in [0.25, 0.3) is 5.91 Å². The zero-order valence-corrected chi connectivity index (χ0v) is 17.5. The van der Waals surface area contributed by atoms with Gasteiger partial charge in [-0.05, 0) is 37.1 Å². The highest BCUT2D eigenvalue weighted by molar-refractivity contribution is 7.18. The lowest BCUT2D eigenvalue weighted by molar-refractivity contribution is 0.0953. The number of fused-ring (bicyclic) bond motifs is 1. The van der Waals surface area contributed by atoms with Gasteiger partial charge in [0.05, 0.1) is 34.0 Å². The second-order valence-corrected chi connectivity index (χ2v) is 7.80. The number of carbonyl (C=O) groups excluding carboxylic acids is 1. The number of aryl methyl sites for hydroxylation is 1. The van der Waals surface area contributed by atoms with Crippen LogP contribution >= 0.6 is 22.9 Å². The summed E-state index contributed by atoms with van der Waals surface area (Å²) in [5, 5.41) is 4.38. The number of ether oxygens (including phenoxy) is 2. The fraction of sp³-hybridized carbons (Fsp3) is 0.333. The molecule has 3 rings (SSSR count). The van der Waals surface area contributed by atoms with E-state index >= 15 is 0 Å². The number of methoxy groups -OCH3 is 1. The molecule has 3 aromatic rings. The molecule has 0 saturated carbocycles. The molecule has 0 aliphatic rings. The molecule has 28 heavy (non-hydrogen) atoms. The molecule has 0 fully saturated rings. The Kier molecular flexibility index (Phi) is 7.12. The van der Waals surface area contributed by atoms with Crippen LogP contribution in [0.25, 0.3) is 10.2 Å². The zero-order valence-electron chi connectivity index (χ0n) is 16.0. The SMILES string of the molecule is CCCOc1c(Cl)cc(C(=O)NCCCc2nc3ccccc3s2)cc1OC. The molecular weight excluding hydrogens is 396 g/mol. The average Bonchev–Trinajstić information content (AvgIpc) is 3.12. The van der Waals surface area contributed by atoms with Crippen molar-refractivity contribution in [3.05, 3.63) is 52.0 Å². The van der Waals surface area contributed by atoms with E-state index in [2.05, 4.69) is 16.4 Å². The van der Waals surface area contributed by atoms with Crippen molar-refractivity contribution in [2.75, 3.05) is 20.3 Å². The first-order valence-electron chi connectivity index (χ1n) is 9.25. The van der Waals surface area contributed by atoms with E-state index in [0.717, 1.165) is 29.8 Å². The Morgan fingerprint density at radius 3 is 2.86 bits per heavy atom. The summed E-state index contributed by atoms with van der Waals surface area (Å²) < 4.78 is 12.1. The van der Waals surface area contributed by atoms with Gasteiger partial charge in [-0.25, -0.2) is 4.98 Å². The van der Waals surface area contributed by atoms with Crippen molar-refractivity contribution in [2.24, 2.45) is 0 Å². The van der Waals surface area contributed by atoms with Gasteiger partial charge in [0.15, 0.2) is 11.5 Å². The fourth-order valence-electron chi connectivity index (χ4n) is 2.77. The number of hydrogen-bond donors (Lipinski definition) is 1. The predicted molar refractivity (Wildman–Crippen MR) is 114 cm³/mol. The Hall–Kier alpha value is -2.31. The maximum atomic E-state index is 12.5. The van der Waals surface area contributed by atoms with Crippen LogP contribution in [0.15, 0.2) is 36.4 Å². The van der Waals surface area contributed by atoms with Gasteiger partial charge in [0, 0.05) is 18.5 Å². The van der Waals surface area contributed by atoms with Gasteiger partial charge in [-0.2, -0.15) is 0 Å². The van der Waals surface area contributed by atoms with Crippen LogP contribution in [-0.2, 0) is 6.42 Å². The second kappa shape index (κ2) is 9.75. The third-order valence-electron chi connectivity index (χ3n) is 4.13. The molecule has 0 bridgehead atoms. The molecular formula is C21H23ClN2O3S. The molecule has 0 radical (unpaired) electrons. The molecule has 0 atom stereocenters. The number of nitrogens with one attached hydrogen (secondary N) is 1. The van der Waals surface area contributed by atoms with Crippen molar-refractivity contribution in [1.29, 1.82) is 0 Å². The Morgan fingerprint density at radius 1 is 1.29 bits per heavy atom. The van der Waals surface area contributed by atoms with Gasteiger partial charge in [-0.3, -0.25) is 4.79 Å². The Morgan fingerprint density at radius 2 is 2.11 bits per heavy atom. The lowest BCUT2D eigenvalue weighted by atomic mass is 10.2. The fourth-order valence-corrected chi connectivity index (χ4v) is 4.04. The van der Waals surface area contributed by atoms with Crippen LogP contribution in [-0.4, -0.2) is 31.2 Å². The normalized spacial score (nSPS) is 10.8. The molecule has 0 saturated heterocycles. The molecule has 0 aliphatic heterocycles. The van der Waals surface area contributed by atoms with Gasteiger partial charge >= 0.3 is 0 Å². The standard InChI is InChI=1S/C21H23ClN2O3S/c1-3-11-27-20-15(22)12-14(13-17(20)26-2)21(25)23-10-6-9-19-24-16-7-4-5-8-18(16)28-19/h4-5,7-8,12-13H,3,6,9-11H2,1-2H3,(H,23,25). The number of hydrogen-bond acceptors (Lipinski definition) is 5. The Bertz CT molecular complexity index is 925. The number of aromatic nitrogens is 1. The molecule has 0 unspecified atom stereocenters. The zero-order chi connectivity index (χ0) is 19.9. The summed E-state index contributed by atoms with van der Waals surface area (Å²) in [5.41, 5.74) is 1.48. The summed E-state index contributed by atoms with van der Waals surface area (Å²) in [4.78, 5) is 17.1. The van der Waals surface area contributed by atoms with Crippen LogP contribution in [0.3, 0.4) is 0 Å². The molecule has 7 heteroatoms. The third kappa shape index (κ3) is 4.94. The van der Waals surface area contributed by atoms with E-state index in [1.807, 2.05) is 25.1 Å². The van der Waals surface area contributed by atoms with Crippen molar-refractivity contribution in [1.82, 2.24) is 10.3 Å². The van der Waals surface area contributed by atoms with Crippen LogP contribution in [0.5, 0.6) is 11.5 Å². The van der Waals surface area contributed by atoms with Crippen LogP contribution in [0.4, 0.5) is 0 Å². The molecule has 2 aromatic carbocycles. The molecule has 1 aromatic heterocycles. The molecule has 148 valence electrons. The van der Waals surface area contributed by atoms with E-state index in [0.29, 0.717) is 35.2 Å². The summed E-state index contributed by atoms with van der Waals surface area (Å²) >= 11 is 7.98. The second-order valence-electron chi connectivity index (χ2n) is 6.27. The first kappa shape index (κ1) is 20.4. The van der Waals surface area contributed by atoms with Crippen LogP contribution in [0.2, 0.25) is 5.02 Å². The van der Waals surface area contributed by atoms with Gasteiger partial charge in [0.1, 0.15) is 0 Å². The van der Waals surface area contributed by atoms with Gasteiger partial charge in [-0.1, -0.05) is 30.7 Å². The lowest BCUT2D eigenvalue weighted by Crippen LogP contribution is -2.24. The summed E-state index contributed by atoms with van der Waals surface area (Å²) in [6.45, 7) is 3.10. The Labute approximate surface area is 173 Å². The Balaban J connectivity index is 1.56. The highest BCUT2D eigenvalue weighted by atomic mass is 35.5. The van der Waals surface area contributed by atoms with Crippen LogP contribution < -0.4 is 14.8 Å². The minimum atomic E-state index is -0.188. The first-order valence-corrected chi connectivity index (χ1v) is 10.4. The van der Waals surface area contributed by atoms with E-state index in [-0.39, 0.29) is 5.91 Å². The monoisotopic (exact) mass is 418 g/mol. The summed E-state index contributed by atoms with van der Waals surface area (Å²) in [6, 6.07) is 11.4. The van der Waals surface area contributed by atoms with E-state index in [4.69, 9.17) is 21.1 Å². The molecule has 1 amide bonds. The van der Waals surface area contributed by atoms with E-state index in [9.17, 15) is 4.79 Å². The number of rotatable bonds is 9. The summed E-state index contributed by atoms with van der Waals surface area (Å²) in [7, 11) is 1.53. The number of para-hydroxylation sites is 1. The number of carbonyl (C=O) groups is 1. The highest BCUT2D eigenvalue weighted by Gasteiger charge is 2.15. The minimum Gasteiger partial charge on any atom is -0.493 e. The molecule has 0 spiro atoms. The number of nitrogens with zero attached hydrogens (tertiary/aromatic N) is 1. The van der Waals surface area contributed by atoms with Crippen LogP contribution in [0.1, 0.15) is 35.1 Å². The number of halogens is 1. The van der Waals surface area contributed by atoms with Gasteiger partial charge < -0.3 is 14.8 Å². The van der Waals surface area contributed by atoms with Crippen molar-refractivity contribution in [2.45, 2.75) is 26.2 Å². The molecule has 5 nitrogen and oxygen atoms in total. The van der Waals surface area contributed by atoms with Crippen molar-refractivity contribution < 1.29 is 14.3 Å². The number of thiazole rings is 1. The predicted octanol–water partition coefficient (Wildman–Crippen LogP) is 5.11. The third-order valence-corrected chi connectivity index (χ3v) is 5.51. The maximum absolute atomic E-state index is 12.5. The van der Waals surface area contributed by atoms with Gasteiger partial charge in [-0.15, -0.1) is 11.3 Å². The highest BCUT2D eigenvalue weighted by Crippen LogP contribution is 2.36. The topological polar surface area (TPSA) is 60.5 Å². The van der Waals surface area contributed by atoms with Crippen LogP contribution in [0, 0.1) is 0 Å². The van der Waals surface area contributed by atoms with Crippen molar-refractivity contribution >= 4 is 39.1 Å². The van der Waals surface area contributed by atoms with Crippen molar-refractivity contribution in [3.8, 4) is 11.5 Å². The smallest absolute Gasteiger partial charge is 0.251 e. The quantitative estimate of drug-likeness (QED) is 0.490. The number of benzene rings is 2. The molecule has 1 heterocycles. The van der Waals surface area contributed by atoms with E-state index < -0.39 is 0 Å². The van der Waals surface area contributed by atoms with Gasteiger partial charge in [0.2, 0.25) is 0 Å². The average molecular weight is 419 g/mol. The summed E-state index contributed by atoms with van der Waals surface area (Å²) in [5.74, 6) is 0.741. The minimum absolute atomic E-state index is 0.188. The first-order chi connectivity index (χ1) is 13.6. The summed E-state index contributed by atoms with van der Waals surface area (Å²) in [6.07, 6.45) is 2.50. The number of amides is 1. The van der Waals surface area contributed by atoms with Crippen molar-refractivity contribution in [3.63, 3.8) is 0 Å².